The third-order valence-corrected chi connectivity index (χ3v) is 5.16. The lowest BCUT2D eigenvalue weighted by atomic mass is 9.85. The molecule has 1 aliphatic rings. The lowest BCUT2D eigenvalue weighted by molar-refractivity contribution is 0.00945. The van der Waals surface area contributed by atoms with Gasteiger partial charge >= 0.3 is 0 Å². The molecule has 0 radical (unpaired) electrons. The molecule has 114 valence electrons. The summed E-state index contributed by atoms with van der Waals surface area (Å²) in [4.78, 5) is -0.0289. The van der Waals surface area contributed by atoms with Crippen LogP contribution in [-0.4, -0.2) is 35.5 Å². The van der Waals surface area contributed by atoms with Gasteiger partial charge in [-0.1, -0.05) is 19.3 Å². The Hall–Kier alpha value is -1.12. The largest absolute Gasteiger partial charge is 0.389 e. The summed E-state index contributed by atoms with van der Waals surface area (Å²) in [6.07, 6.45) is 5.59. The van der Waals surface area contributed by atoms with Gasteiger partial charge in [-0.25, -0.2) is 13.1 Å². The van der Waals surface area contributed by atoms with Crippen molar-refractivity contribution in [3.63, 3.8) is 0 Å². The number of rotatable bonds is 5. The maximum atomic E-state index is 12.2. The van der Waals surface area contributed by atoms with E-state index in [1.165, 1.54) is 10.9 Å². The van der Waals surface area contributed by atoms with E-state index in [1.54, 1.807) is 0 Å². The Labute approximate surface area is 119 Å². The number of sulfonamides is 1. The van der Waals surface area contributed by atoms with Gasteiger partial charge < -0.3 is 10.8 Å². The summed E-state index contributed by atoms with van der Waals surface area (Å²) in [5.74, 6) is -0.0185. The monoisotopic (exact) mass is 302 g/mol. The minimum Gasteiger partial charge on any atom is -0.389 e. The van der Waals surface area contributed by atoms with Crippen molar-refractivity contribution in [2.75, 3.05) is 12.3 Å². The summed E-state index contributed by atoms with van der Waals surface area (Å²) in [6.45, 7) is 2.41. The third-order valence-electron chi connectivity index (χ3n) is 3.74. The number of aryl methyl sites for hydroxylation is 1. The van der Waals surface area contributed by atoms with Crippen LogP contribution in [0.5, 0.6) is 0 Å². The topological polar surface area (TPSA) is 110 Å². The molecule has 0 saturated heterocycles. The molecule has 1 heterocycles. The highest BCUT2D eigenvalue weighted by Gasteiger charge is 2.31. The van der Waals surface area contributed by atoms with Crippen LogP contribution in [-0.2, 0) is 16.6 Å². The van der Waals surface area contributed by atoms with Crippen molar-refractivity contribution < 1.29 is 13.5 Å². The van der Waals surface area contributed by atoms with Gasteiger partial charge in [0.2, 0.25) is 10.0 Å². The summed E-state index contributed by atoms with van der Waals surface area (Å²) in [6, 6.07) is 0. The van der Waals surface area contributed by atoms with Crippen molar-refractivity contribution in [2.24, 2.45) is 0 Å². The van der Waals surface area contributed by atoms with Gasteiger partial charge in [-0.2, -0.15) is 5.10 Å². The highest BCUT2D eigenvalue weighted by molar-refractivity contribution is 7.89. The van der Waals surface area contributed by atoms with Gasteiger partial charge in [0, 0.05) is 19.3 Å². The average Bonchev–Trinajstić information content (AvgIpc) is 2.80. The molecule has 1 saturated carbocycles. The zero-order chi connectivity index (χ0) is 14.8. The van der Waals surface area contributed by atoms with E-state index in [9.17, 15) is 13.5 Å². The summed E-state index contributed by atoms with van der Waals surface area (Å²) >= 11 is 0. The van der Waals surface area contributed by atoms with E-state index in [0.29, 0.717) is 19.4 Å². The Morgan fingerprint density at radius 2 is 2.10 bits per heavy atom. The molecule has 8 heteroatoms. The second kappa shape index (κ2) is 5.71. The van der Waals surface area contributed by atoms with E-state index in [0.717, 1.165) is 19.3 Å². The van der Waals surface area contributed by atoms with Crippen molar-refractivity contribution in [3.8, 4) is 0 Å². The Balaban J connectivity index is 2.08. The molecule has 1 aromatic rings. The molecule has 20 heavy (non-hydrogen) atoms. The number of aromatic nitrogens is 2. The lowest BCUT2D eigenvalue weighted by Gasteiger charge is -2.31. The fourth-order valence-corrected chi connectivity index (χ4v) is 3.67. The van der Waals surface area contributed by atoms with Crippen LogP contribution in [0.3, 0.4) is 0 Å². The first-order valence-corrected chi connectivity index (χ1v) is 8.40. The highest BCUT2D eigenvalue weighted by atomic mass is 32.2. The number of hydrogen-bond acceptors (Lipinski definition) is 5. The molecule has 0 amide bonds. The smallest absolute Gasteiger partial charge is 0.245 e. The quantitative estimate of drug-likeness (QED) is 0.732. The van der Waals surface area contributed by atoms with Gasteiger partial charge in [-0.05, 0) is 19.8 Å². The van der Waals surface area contributed by atoms with Crippen LogP contribution < -0.4 is 10.5 Å². The molecule has 0 atom stereocenters. The van der Waals surface area contributed by atoms with Gasteiger partial charge in [0.05, 0.1) is 5.60 Å². The maximum absolute atomic E-state index is 12.2. The van der Waals surface area contributed by atoms with Gasteiger partial charge in [-0.3, -0.25) is 4.68 Å². The van der Waals surface area contributed by atoms with Crippen LogP contribution in [0.15, 0.2) is 11.1 Å². The van der Waals surface area contributed by atoms with Crippen molar-refractivity contribution >= 4 is 15.8 Å². The predicted octanol–water partition coefficient (Wildman–Crippen LogP) is 0.459. The van der Waals surface area contributed by atoms with Crippen LogP contribution in [0.2, 0.25) is 0 Å². The molecule has 2 rings (SSSR count). The number of nitrogens with zero attached hydrogens (tertiary/aromatic N) is 2. The summed E-state index contributed by atoms with van der Waals surface area (Å²) in [7, 11) is -3.74. The number of anilines is 1. The first-order chi connectivity index (χ1) is 9.36. The fraction of sp³-hybridized carbons (Fsp3) is 0.750. The van der Waals surface area contributed by atoms with Crippen molar-refractivity contribution in [1.29, 1.82) is 0 Å². The molecule has 0 aromatic carbocycles. The van der Waals surface area contributed by atoms with Crippen molar-refractivity contribution in [2.45, 2.75) is 56.1 Å². The zero-order valence-corrected chi connectivity index (χ0v) is 12.5. The maximum Gasteiger partial charge on any atom is 0.245 e. The minimum atomic E-state index is -3.74. The van der Waals surface area contributed by atoms with Crippen LogP contribution in [0, 0.1) is 0 Å². The molecule has 1 aromatic heterocycles. The molecule has 4 N–H and O–H groups in total. The Morgan fingerprint density at radius 3 is 2.65 bits per heavy atom. The molecular weight excluding hydrogens is 280 g/mol. The average molecular weight is 302 g/mol. The van der Waals surface area contributed by atoms with Crippen LogP contribution in [0.4, 0.5) is 5.82 Å². The molecule has 7 nitrogen and oxygen atoms in total. The Morgan fingerprint density at radius 1 is 1.45 bits per heavy atom. The standard InChI is InChI=1S/C12H22N4O3S/c1-2-16-8-10(11(13)15-16)20(18,19)14-9-12(17)6-4-3-5-7-12/h8,14,17H,2-7,9H2,1H3,(H2,13,15). The number of aliphatic hydroxyl groups is 1. The van der Waals surface area contributed by atoms with Gasteiger partial charge in [0.15, 0.2) is 5.82 Å². The van der Waals surface area contributed by atoms with Crippen molar-refractivity contribution in [3.05, 3.63) is 6.20 Å². The molecule has 1 aliphatic carbocycles. The number of hydrogen-bond donors (Lipinski definition) is 3. The first kappa shape index (κ1) is 15.3. The first-order valence-electron chi connectivity index (χ1n) is 6.91. The summed E-state index contributed by atoms with van der Waals surface area (Å²) in [5.41, 5.74) is 4.69. The van der Waals surface area contributed by atoms with E-state index >= 15 is 0 Å². The second-order valence-electron chi connectivity index (χ2n) is 5.34. The molecule has 0 spiro atoms. The second-order valence-corrected chi connectivity index (χ2v) is 7.08. The van der Waals surface area contributed by atoms with Crippen LogP contribution in [0.25, 0.3) is 0 Å². The normalized spacial score (nSPS) is 19.1. The van der Waals surface area contributed by atoms with Crippen molar-refractivity contribution in [1.82, 2.24) is 14.5 Å². The number of nitrogen functional groups attached to an aromatic ring is 1. The van der Waals surface area contributed by atoms with Crippen LogP contribution >= 0.6 is 0 Å². The minimum absolute atomic E-state index is 0.0185. The SMILES string of the molecule is CCn1cc(S(=O)(=O)NCC2(O)CCCCC2)c(N)n1. The molecular formula is C12H22N4O3S. The lowest BCUT2D eigenvalue weighted by Crippen LogP contribution is -2.44. The van der Waals surface area contributed by atoms with E-state index < -0.39 is 15.6 Å². The molecule has 0 aliphatic heterocycles. The predicted molar refractivity (Wildman–Crippen MR) is 75.5 cm³/mol. The van der Waals surface area contributed by atoms with E-state index in [1.807, 2.05) is 6.92 Å². The summed E-state index contributed by atoms with van der Waals surface area (Å²) < 4.78 is 28.3. The Bertz CT molecular complexity index is 561. The van der Waals surface area contributed by atoms with E-state index in [-0.39, 0.29) is 17.3 Å². The van der Waals surface area contributed by atoms with Gasteiger partial charge in [0.1, 0.15) is 4.90 Å². The van der Waals surface area contributed by atoms with E-state index in [2.05, 4.69) is 9.82 Å². The Kier molecular flexibility index (Phi) is 4.36. The molecule has 1 fully saturated rings. The summed E-state index contributed by atoms with van der Waals surface area (Å²) in [5, 5.41) is 14.2. The van der Waals surface area contributed by atoms with E-state index in [4.69, 9.17) is 5.73 Å². The number of nitrogens with two attached hydrogens (primary N) is 1. The van der Waals surface area contributed by atoms with Gasteiger partial charge in [0.25, 0.3) is 0 Å². The number of nitrogens with one attached hydrogen (secondary N) is 1. The molecule has 0 bridgehead atoms. The van der Waals surface area contributed by atoms with Gasteiger partial charge in [-0.15, -0.1) is 0 Å². The fourth-order valence-electron chi connectivity index (χ4n) is 2.48. The molecule has 0 unspecified atom stereocenters. The van der Waals surface area contributed by atoms with Crippen LogP contribution in [0.1, 0.15) is 39.0 Å². The third kappa shape index (κ3) is 3.31. The highest BCUT2D eigenvalue weighted by Crippen LogP contribution is 2.28. The zero-order valence-electron chi connectivity index (χ0n) is 11.7.